The van der Waals surface area contributed by atoms with Crippen LogP contribution in [-0.4, -0.2) is 22.6 Å². The minimum absolute atomic E-state index is 0. The van der Waals surface area contributed by atoms with Crippen LogP contribution in [-0.2, 0) is 32.2 Å². The Bertz CT molecular complexity index is 1180. The summed E-state index contributed by atoms with van der Waals surface area (Å²) < 4.78 is 80.2. The van der Waals surface area contributed by atoms with Crippen molar-refractivity contribution in [1.82, 2.24) is 4.57 Å². The number of aromatic nitrogens is 1. The van der Waals surface area contributed by atoms with Crippen molar-refractivity contribution in [2.45, 2.75) is 42.3 Å². The summed E-state index contributed by atoms with van der Waals surface area (Å²) in [5.41, 5.74) is -5.32. The minimum Gasteiger partial charge on any atom is -0.744 e. The summed E-state index contributed by atoms with van der Waals surface area (Å²) in [6, 6.07) is 5.24. The number of rotatable bonds is 9. The van der Waals surface area contributed by atoms with Gasteiger partial charge in [-0.2, -0.15) is 22.6 Å². The normalized spacial score (nSPS) is 11.8. The van der Waals surface area contributed by atoms with Gasteiger partial charge in [-0.15, -0.1) is 5.11 Å². The van der Waals surface area contributed by atoms with Crippen molar-refractivity contribution in [1.29, 1.82) is 0 Å². The largest absolute Gasteiger partial charge is 1.00 e. The molecule has 0 radical (unpaired) electrons. The second kappa shape index (κ2) is 14.3. The molecule has 0 atom stereocenters. The first kappa shape index (κ1) is 33.5. The topological polar surface area (TPSA) is 166 Å². The number of alkyl halides is 3. The number of pyridine rings is 1. The molecule has 0 saturated carbocycles. The fourth-order valence-electron chi connectivity index (χ4n) is 2.55. The molecule has 176 valence electrons. The molecule has 0 saturated heterocycles. The van der Waals surface area contributed by atoms with Crippen LogP contribution < -0.4 is 69.9 Å². The molecule has 1 aromatic carbocycles. The van der Waals surface area contributed by atoms with Crippen molar-refractivity contribution in [3.05, 3.63) is 40.2 Å². The van der Waals surface area contributed by atoms with Gasteiger partial charge in [0.2, 0.25) is 5.88 Å². The van der Waals surface area contributed by atoms with Gasteiger partial charge in [-0.1, -0.05) is 19.4 Å². The Morgan fingerprint density at radius 2 is 1.88 bits per heavy atom. The van der Waals surface area contributed by atoms with E-state index >= 15 is 0 Å². The minimum atomic E-state index is -5.88. The average molecular weight is 543 g/mol. The van der Waals surface area contributed by atoms with Gasteiger partial charge in [-0.25, -0.2) is 8.42 Å². The molecule has 2 rings (SSSR count). The molecule has 0 aliphatic rings. The Hall–Kier alpha value is -0.500. The predicted octanol–water partition coefficient (Wildman–Crippen LogP) is -3.07. The summed E-state index contributed by atoms with van der Waals surface area (Å²) in [5, 5.41) is 29.9. The molecule has 11 nitrogen and oxygen atoms in total. The van der Waals surface area contributed by atoms with E-state index in [0.717, 1.165) is 0 Å². The van der Waals surface area contributed by atoms with Crippen LogP contribution in [0.3, 0.4) is 0 Å². The van der Waals surface area contributed by atoms with Crippen LogP contribution in [0.4, 0.5) is 24.5 Å². The van der Waals surface area contributed by atoms with Crippen LogP contribution in [0.1, 0.15) is 25.3 Å². The van der Waals surface area contributed by atoms with E-state index in [1.165, 1.54) is 24.3 Å². The third-order valence-corrected chi connectivity index (χ3v) is 5.34. The fourth-order valence-corrected chi connectivity index (χ4v) is 3.75. The maximum absolute atomic E-state index is 13.7. The molecule has 0 amide bonds. The Kier molecular flexibility index (Phi) is 14.1. The van der Waals surface area contributed by atoms with Gasteiger partial charge in [0, 0.05) is 11.4 Å². The van der Waals surface area contributed by atoms with Crippen molar-refractivity contribution in [2.75, 3.05) is 0 Å². The molecule has 0 spiro atoms. The van der Waals surface area contributed by atoms with Crippen molar-refractivity contribution in [3.8, 4) is 5.88 Å². The number of hydrogen-bond acceptors (Lipinski definition) is 11. The average Bonchev–Trinajstić information content (AvgIpc) is 2.69. The van der Waals surface area contributed by atoms with Gasteiger partial charge in [0.25, 0.3) is 5.56 Å². The molecule has 0 aliphatic heterocycles. The van der Waals surface area contributed by atoms with Crippen molar-refractivity contribution in [3.63, 3.8) is 0 Å². The Morgan fingerprint density at radius 3 is 2.41 bits per heavy atom. The molecule has 0 bridgehead atoms. The summed E-state index contributed by atoms with van der Waals surface area (Å²) in [7, 11) is -5.88. The monoisotopic (exact) mass is 543 g/mol. The summed E-state index contributed by atoms with van der Waals surface area (Å²) in [5.74, 6) is -1.63. The Morgan fingerprint density at radius 1 is 1.24 bits per heavy atom. The molecule has 1 heterocycles. The second-order valence-electron chi connectivity index (χ2n) is 6.06. The third kappa shape index (κ3) is 8.56. The number of unbranched alkanes of at least 4 members (excludes halogenated alkanes) is 1. The maximum Gasteiger partial charge on any atom is 1.00 e. The number of azo groups is 1. The van der Waals surface area contributed by atoms with Crippen LogP contribution in [0.15, 0.2) is 49.1 Å². The summed E-state index contributed by atoms with van der Waals surface area (Å²) >= 11 is 0.450. The fraction of sp³-hybridized carbons (Fsp3) is 0.312. The molecule has 0 aliphatic carbocycles. The van der Waals surface area contributed by atoms with Gasteiger partial charge >= 0.3 is 65.3 Å². The molecular weight excluding hydrogens is 529 g/mol. The third-order valence-electron chi connectivity index (χ3n) is 3.88. The molecule has 0 fully saturated rings. The molecule has 1 aromatic heterocycles. The summed E-state index contributed by atoms with van der Waals surface area (Å²) in [6.45, 7) is 1.30. The van der Waals surface area contributed by atoms with E-state index < -0.39 is 43.9 Å². The Balaban J connectivity index is 0.00000544. The van der Waals surface area contributed by atoms with E-state index in [2.05, 4.69) is 19.6 Å². The first-order chi connectivity index (χ1) is 14.9. The van der Waals surface area contributed by atoms with Crippen LogP contribution in [0.2, 0.25) is 0 Å². The van der Waals surface area contributed by atoms with Crippen molar-refractivity contribution in [2.24, 2.45) is 10.2 Å². The van der Waals surface area contributed by atoms with E-state index in [-0.39, 0.29) is 82.7 Å². The molecular formula is C16H14F3N3Na2O8S2. The second-order valence-corrected chi connectivity index (χ2v) is 8.15. The Labute approximate surface area is 239 Å². The van der Waals surface area contributed by atoms with Crippen LogP contribution in [0.5, 0.6) is 5.88 Å². The van der Waals surface area contributed by atoms with E-state index in [0.29, 0.717) is 23.0 Å². The van der Waals surface area contributed by atoms with Gasteiger partial charge in [0.1, 0.15) is 20.6 Å². The summed E-state index contributed by atoms with van der Waals surface area (Å²) in [6.07, 6.45) is -4.93. The van der Waals surface area contributed by atoms with Crippen LogP contribution in [0.25, 0.3) is 0 Å². The quantitative estimate of drug-likeness (QED) is 0.0863. The molecule has 0 unspecified atom stereocenters. The van der Waals surface area contributed by atoms with Gasteiger partial charge in [0.15, 0.2) is 5.69 Å². The predicted molar refractivity (Wildman–Crippen MR) is 98.9 cm³/mol. The zero-order valence-electron chi connectivity index (χ0n) is 18.0. The number of nitrogens with zero attached hydrogens (tertiary/aromatic N) is 3. The van der Waals surface area contributed by atoms with E-state index in [4.69, 9.17) is 0 Å². The van der Waals surface area contributed by atoms with E-state index in [1.807, 2.05) is 0 Å². The number of hydrogen-bond donors (Lipinski definition) is 1. The van der Waals surface area contributed by atoms with Crippen LogP contribution in [0, 0.1) is 0 Å². The van der Waals surface area contributed by atoms with Gasteiger partial charge in [0.05, 0.1) is 17.7 Å². The standard InChI is InChI=1S/C16H16F3N3O8S2.2Na/c1-2-3-7-22-14(23)12(11(16(17,18)19)13(15(22)24)32(26,27)28)21-20-9-5-4-6-10(8-9)31-30-29-25;;/h4-6,8,24-25H,2-3,7H2,1H3,(H,26,27,28);;/q;2*+1/p-2. The van der Waals surface area contributed by atoms with Gasteiger partial charge in [-0.05, 0) is 24.6 Å². The van der Waals surface area contributed by atoms with Gasteiger partial charge in [-0.3, -0.25) is 14.4 Å². The zero-order chi connectivity index (χ0) is 24.1. The maximum atomic E-state index is 13.7. The first-order valence-corrected chi connectivity index (χ1v) is 10.7. The number of benzene rings is 1. The molecule has 2 aromatic rings. The number of aromatic hydroxyl groups is 1. The zero-order valence-corrected chi connectivity index (χ0v) is 23.7. The van der Waals surface area contributed by atoms with Crippen LogP contribution >= 0.6 is 12.0 Å². The SMILES string of the molecule is CCCCn1c(O)c(S(=O)(=O)[O-])c(C(F)(F)F)c(N=Nc2cccc(SOO[O-])c2)c1=O.[Na+].[Na+]. The molecule has 1 N–H and O–H groups in total. The summed E-state index contributed by atoms with van der Waals surface area (Å²) in [4.78, 5) is 10.9. The first-order valence-electron chi connectivity index (χ1n) is 8.59. The van der Waals surface area contributed by atoms with E-state index in [1.54, 1.807) is 6.92 Å². The van der Waals surface area contributed by atoms with Crippen molar-refractivity contribution >= 4 is 33.5 Å². The number of halogens is 3. The van der Waals surface area contributed by atoms with Gasteiger partial charge < -0.3 is 14.9 Å². The molecule has 18 heteroatoms. The smallest absolute Gasteiger partial charge is 0.744 e. The molecule has 34 heavy (non-hydrogen) atoms. The van der Waals surface area contributed by atoms with E-state index in [9.17, 15) is 41.3 Å². The van der Waals surface area contributed by atoms with Crippen molar-refractivity contribution < 1.29 is 105 Å².